The van der Waals surface area contributed by atoms with Crippen LogP contribution in [0.3, 0.4) is 0 Å². The van der Waals surface area contributed by atoms with Crippen molar-refractivity contribution in [3.05, 3.63) is 58.4 Å². The first kappa shape index (κ1) is 13.2. The Morgan fingerprint density at radius 2 is 2.05 bits per heavy atom. The summed E-state index contributed by atoms with van der Waals surface area (Å²) in [5.41, 5.74) is 6.90. The summed E-state index contributed by atoms with van der Waals surface area (Å²) < 4.78 is 19.0. The lowest BCUT2D eigenvalue weighted by Gasteiger charge is -2.09. The van der Waals surface area contributed by atoms with Crippen molar-refractivity contribution in [1.29, 1.82) is 5.26 Å². The first-order chi connectivity index (χ1) is 9.10. The highest BCUT2D eigenvalue weighted by atomic mass is 35.5. The normalized spacial score (nSPS) is 9.95. The molecule has 0 aromatic heterocycles. The number of halogens is 2. The van der Waals surface area contributed by atoms with Gasteiger partial charge in [-0.25, -0.2) is 4.39 Å². The van der Waals surface area contributed by atoms with Crippen LogP contribution in [0.5, 0.6) is 5.75 Å². The van der Waals surface area contributed by atoms with Crippen molar-refractivity contribution in [2.75, 3.05) is 5.73 Å². The summed E-state index contributed by atoms with van der Waals surface area (Å²) in [6.07, 6.45) is 0. The van der Waals surface area contributed by atoms with Gasteiger partial charge in [-0.15, -0.1) is 0 Å². The Labute approximate surface area is 115 Å². The minimum absolute atomic E-state index is 0.0408. The minimum Gasteiger partial charge on any atom is -0.487 e. The highest BCUT2D eigenvalue weighted by Gasteiger charge is 2.06. The predicted molar refractivity (Wildman–Crippen MR) is 71.3 cm³/mol. The number of rotatable bonds is 3. The number of hydrogen-bond acceptors (Lipinski definition) is 3. The highest BCUT2D eigenvalue weighted by molar-refractivity contribution is 6.30. The maximum absolute atomic E-state index is 13.5. The predicted octanol–water partition coefficient (Wildman–Crippen LogP) is 3.51. The Morgan fingerprint density at radius 3 is 2.68 bits per heavy atom. The molecule has 0 spiro atoms. The van der Waals surface area contributed by atoms with Crippen LogP contribution in [-0.4, -0.2) is 0 Å². The van der Waals surface area contributed by atoms with Crippen molar-refractivity contribution in [2.24, 2.45) is 0 Å². The molecule has 0 aliphatic carbocycles. The SMILES string of the molecule is N#Cc1ccc(OCc2ccc(Cl)cc2F)c(N)c1. The van der Waals surface area contributed by atoms with Crippen molar-refractivity contribution in [3.8, 4) is 11.8 Å². The largest absolute Gasteiger partial charge is 0.487 e. The Balaban J connectivity index is 2.13. The molecule has 3 nitrogen and oxygen atoms in total. The van der Waals surface area contributed by atoms with E-state index in [4.69, 9.17) is 27.3 Å². The monoisotopic (exact) mass is 276 g/mol. The maximum atomic E-state index is 13.5. The van der Waals surface area contributed by atoms with Crippen LogP contribution in [0.2, 0.25) is 5.02 Å². The molecule has 2 aromatic rings. The van der Waals surface area contributed by atoms with Crippen molar-refractivity contribution in [1.82, 2.24) is 0 Å². The standard InChI is InChI=1S/C14H10ClFN2O/c15-11-3-2-10(12(16)6-11)8-19-14-4-1-9(7-17)5-13(14)18/h1-6H,8,18H2. The van der Waals surface area contributed by atoms with Gasteiger partial charge >= 0.3 is 0 Å². The van der Waals surface area contributed by atoms with Gasteiger partial charge in [-0.1, -0.05) is 17.7 Å². The zero-order valence-electron chi connectivity index (χ0n) is 9.86. The van der Waals surface area contributed by atoms with Crippen molar-refractivity contribution < 1.29 is 9.13 Å². The Bertz CT molecular complexity index is 652. The van der Waals surface area contributed by atoms with Crippen LogP contribution >= 0.6 is 11.6 Å². The quantitative estimate of drug-likeness (QED) is 0.873. The molecule has 0 atom stereocenters. The van der Waals surface area contributed by atoms with Crippen molar-refractivity contribution >= 4 is 17.3 Å². The summed E-state index contributed by atoms with van der Waals surface area (Å²) >= 11 is 5.66. The van der Waals surface area contributed by atoms with Crippen LogP contribution in [0.25, 0.3) is 0 Å². The van der Waals surface area contributed by atoms with Gasteiger partial charge in [0.2, 0.25) is 0 Å². The molecule has 2 rings (SSSR count). The Kier molecular flexibility index (Phi) is 3.88. The molecule has 0 aliphatic heterocycles. The van der Waals surface area contributed by atoms with Gasteiger partial charge < -0.3 is 10.5 Å². The van der Waals surface area contributed by atoms with Crippen LogP contribution in [0.1, 0.15) is 11.1 Å². The van der Waals surface area contributed by atoms with E-state index in [1.807, 2.05) is 6.07 Å². The van der Waals surface area contributed by atoms with E-state index in [2.05, 4.69) is 0 Å². The molecule has 0 bridgehead atoms. The zero-order valence-corrected chi connectivity index (χ0v) is 10.6. The summed E-state index contributed by atoms with van der Waals surface area (Å²) in [7, 11) is 0. The number of nitrogen functional groups attached to an aromatic ring is 1. The first-order valence-corrected chi connectivity index (χ1v) is 5.84. The van der Waals surface area contributed by atoms with Crippen LogP contribution in [-0.2, 0) is 6.61 Å². The van der Waals surface area contributed by atoms with Crippen molar-refractivity contribution in [2.45, 2.75) is 6.61 Å². The second-order valence-electron chi connectivity index (χ2n) is 3.89. The molecule has 96 valence electrons. The summed E-state index contributed by atoms with van der Waals surface area (Å²) in [6.45, 7) is 0.0408. The van der Waals surface area contributed by atoms with E-state index in [0.717, 1.165) is 0 Å². The van der Waals surface area contributed by atoms with E-state index in [9.17, 15) is 4.39 Å². The van der Waals surface area contributed by atoms with Crippen LogP contribution in [0.15, 0.2) is 36.4 Å². The molecular weight excluding hydrogens is 267 g/mol. The number of hydrogen-bond donors (Lipinski definition) is 1. The topological polar surface area (TPSA) is 59.0 Å². The molecule has 5 heteroatoms. The van der Waals surface area contributed by atoms with E-state index in [-0.39, 0.29) is 6.61 Å². The highest BCUT2D eigenvalue weighted by Crippen LogP contribution is 2.24. The number of nitrogens with two attached hydrogens (primary N) is 1. The van der Waals surface area contributed by atoms with Gasteiger partial charge in [-0.3, -0.25) is 0 Å². The third-order valence-electron chi connectivity index (χ3n) is 2.54. The lowest BCUT2D eigenvalue weighted by Crippen LogP contribution is -2.01. The fourth-order valence-corrected chi connectivity index (χ4v) is 1.70. The summed E-state index contributed by atoms with van der Waals surface area (Å²) in [6, 6.07) is 11.0. The molecule has 0 amide bonds. The number of anilines is 1. The van der Waals surface area contributed by atoms with Crippen molar-refractivity contribution in [3.63, 3.8) is 0 Å². The van der Waals surface area contributed by atoms with E-state index in [1.54, 1.807) is 24.3 Å². The summed E-state index contributed by atoms with van der Waals surface area (Å²) in [4.78, 5) is 0. The average Bonchev–Trinajstić information content (AvgIpc) is 2.39. The molecule has 0 radical (unpaired) electrons. The lowest BCUT2D eigenvalue weighted by molar-refractivity contribution is 0.301. The molecule has 2 aromatic carbocycles. The lowest BCUT2D eigenvalue weighted by atomic mass is 10.2. The average molecular weight is 277 g/mol. The Hall–Kier alpha value is -2.25. The minimum atomic E-state index is -0.431. The number of nitriles is 1. The smallest absolute Gasteiger partial charge is 0.142 e. The zero-order chi connectivity index (χ0) is 13.8. The van der Waals surface area contributed by atoms with Crippen LogP contribution < -0.4 is 10.5 Å². The van der Waals surface area contributed by atoms with Gasteiger partial charge in [0, 0.05) is 10.6 Å². The van der Waals surface area contributed by atoms with Gasteiger partial charge in [-0.05, 0) is 30.3 Å². The second-order valence-corrected chi connectivity index (χ2v) is 4.33. The molecule has 0 fully saturated rings. The number of nitrogens with zero attached hydrogens (tertiary/aromatic N) is 1. The summed E-state index contributed by atoms with van der Waals surface area (Å²) in [5.74, 6) is -0.0203. The fourth-order valence-electron chi connectivity index (χ4n) is 1.54. The molecule has 0 saturated heterocycles. The van der Waals surface area contributed by atoms with E-state index < -0.39 is 5.82 Å². The molecule has 0 aliphatic rings. The number of ether oxygens (including phenoxy) is 1. The summed E-state index contributed by atoms with van der Waals surface area (Å²) in [5, 5.41) is 9.05. The fraction of sp³-hybridized carbons (Fsp3) is 0.0714. The molecule has 2 N–H and O–H groups in total. The third-order valence-corrected chi connectivity index (χ3v) is 2.77. The van der Waals surface area contributed by atoms with Gasteiger partial charge in [-0.2, -0.15) is 5.26 Å². The molecule has 19 heavy (non-hydrogen) atoms. The van der Waals surface area contributed by atoms with Gasteiger partial charge in [0.1, 0.15) is 18.2 Å². The van der Waals surface area contributed by atoms with E-state index in [0.29, 0.717) is 27.6 Å². The number of benzene rings is 2. The molecule has 0 heterocycles. The van der Waals surface area contributed by atoms with Crippen LogP contribution in [0.4, 0.5) is 10.1 Å². The van der Waals surface area contributed by atoms with Crippen LogP contribution in [0, 0.1) is 17.1 Å². The molecule has 0 unspecified atom stereocenters. The van der Waals surface area contributed by atoms with Gasteiger partial charge in [0.25, 0.3) is 0 Å². The molecule has 0 saturated carbocycles. The maximum Gasteiger partial charge on any atom is 0.142 e. The molecular formula is C14H10ClFN2O. The van der Waals surface area contributed by atoms with Gasteiger partial charge in [0.05, 0.1) is 17.3 Å². The second kappa shape index (κ2) is 5.59. The Morgan fingerprint density at radius 1 is 1.26 bits per heavy atom. The van der Waals surface area contributed by atoms with E-state index in [1.165, 1.54) is 12.1 Å². The van der Waals surface area contributed by atoms with Gasteiger partial charge in [0.15, 0.2) is 0 Å². The first-order valence-electron chi connectivity index (χ1n) is 5.46. The van der Waals surface area contributed by atoms with E-state index >= 15 is 0 Å². The third kappa shape index (κ3) is 3.15.